The van der Waals surface area contributed by atoms with Crippen LogP contribution in [0.1, 0.15) is 0 Å². The van der Waals surface area contributed by atoms with Crippen molar-refractivity contribution < 1.29 is 0 Å². The van der Waals surface area contributed by atoms with E-state index < -0.39 is 0 Å². The van der Waals surface area contributed by atoms with Gasteiger partial charge in [-0.05, 0) is 188 Å². The van der Waals surface area contributed by atoms with Gasteiger partial charge in [-0.3, -0.25) is 29.9 Å². The summed E-state index contributed by atoms with van der Waals surface area (Å²) >= 11 is 0. The van der Waals surface area contributed by atoms with Crippen LogP contribution in [0.2, 0.25) is 0 Å². The van der Waals surface area contributed by atoms with Crippen LogP contribution in [0.15, 0.2) is 377 Å². The van der Waals surface area contributed by atoms with Gasteiger partial charge in [0.05, 0.1) is 100 Å². The van der Waals surface area contributed by atoms with E-state index >= 15 is 0 Å². The first kappa shape index (κ1) is 68.0. The van der Waals surface area contributed by atoms with E-state index in [-0.39, 0.29) is 0 Å². The maximum absolute atomic E-state index is 5.34. The fourth-order valence-corrected chi connectivity index (χ4v) is 17.8. The molecule has 0 aliphatic heterocycles. The summed E-state index contributed by atoms with van der Waals surface area (Å²) in [5, 5.41) is 19.8. The Bertz CT molecular complexity index is 8610. The van der Waals surface area contributed by atoms with Gasteiger partial charge in [0.2, 0.25) is 0 Å². The summed E-state index contributed by atoms with van der Waals surface area (Å²) in [5.41, 5.74) is 27.6. The van der Waals surface area contributed by atoms with Gasteiger partial charge in [-0.15, -0.1) is 0 Å². The highest BCUT2D eigenvalue weighted by molar-refractivity contribution is 6.22. The second-order valence-corrected chi connectivity index (χ2v) is 30.6. The van der Waals surface area contributed by atoms with Gasteiger partial charge in [0, 0.05) is 135 Å². The molecule has 12 aromatic heterocycles. The number of hydrogen-bond donors (Lipinski definition) is 0. The van der Waals surface area contributed by atoms with Crippen molar-refractivity contribution in [3.8, 4) is 89.8 Å². The van der Waals surface area contributed by atoms with Crippen LogP contribution in [0, 0.1) is 0 Å². The van der Waals surface area contributed by atoms with Gasteiger partial charge in [-0.1, -0.05) is 206 Å². The first-order valence-electron chi connectivity index (χ1n) is 40.1. The Morgan fingerprint density at radius 1 is 0.142 bits per heavy atom. The summed E-state index contributed by atoms with van der Waals surface area (Å²) in [6, 6.07) is 119. The summed E-state index contributed by atoms with van der Waals surface area (Å²) in [6.07, 6.45) is 11.0. The second-order valence-electron chi connectivity index (χ2n) is 30.6. The molecule has 0 fully saturated rings. The van der Waals surface area contributed by atoms with Crippen LogP contribution >= 0.6 is 0 Å². The molecule has 12 heteroatoms. The van der Waals surface area contributed by atoms with Crippen molar-refractivity contribution in [3.05, 3.63) is 377 Å². The quantitative estimate of drug-likeness (QED) is 0.105. The van der Waals surface area contributed by atoms with Crippen LogP contribution in [0.5, 0.6) is 0 Å². The van der Waals surface area contributed by atoms with Gasteiger partial charge < -0.3 is 0 Å². The molecule has 120 heavy (non-hydrogen) atoms. The van der Waals surface area contributed by atoms with Crippen molar-refractivity contribution >= 4 is 163 Å². The van der Waals surface area contributed by atoms with E-state index in [1.165, 1.54) is 0 Å². The first-order chi connectivity index (χ1) is 59.4. The van der Waals surface area contributed by atoms with Gasteiger partial charge in [0.25, 0.3) is 0 Å². The zero-order valence-corrected chi connectivity index (χ0v) is 64.2. The number of rotatable bonds is 8. The molecule has 0 radical (unpaired) electrons. The standard InChI is InChI=1S/C56H32N6.C52H30N6/c1-3-11-43-41(9-1)51(42-10-2-4-12-44(42)52(43)50-25-16-35-14-13-33-7-5-28-57-53(33)55(35)62-50)49-26-20-39-32-37(18-23-47(39)61-49)36-17-22-46-38(31-36)19-24-48(60-46)40-27-30-59-56-45(40)21-15-34-8-6-29-58-54(34)56;1-3-31-5-6-33-12-18-47(58-51(33)49(31)53-24-1)39-10-8-34-27-38(9-7-35(34)28-39)45-21-15-40-29-36(13-19-44(40)56-45)37-14-20-46-41(30-37)16-22-48(57-46)42-23-26-55-52-43(42)17-11-32-4-2-25-54-50(32)52/h1-32H;1-30H. The summed E-state index contributed by atoms with van der Waals surface area (Å²) in [4.78, 5) is 59.0. The molecule has 0 bridgehead atoms. The smallest absolute Gasteiger partial charge is 0.0972 e. The lowest BCUT2D eigenvalue weighted by Crippen LogP contribution is -1.95. The van der Waals surface area contributed by atoms with Crippen LogP contribution in [-0.4, -0.2) is 59.8 Å². The summed E-state index contributed by atoms with van der Waals surface area (Å²) in [5.74, 6) is 0. The number of hydrogen-bond acceptors (Lipinski definition) is 12. The zero-order chi connectivity index (χ0) is 78.9. The lowest BCUT2D eigenvalue weighted by Gasteiger charge is -2.17. The molecule has 0 saturated heterocycles. The van der Waals surface area contributed by atoms with E-state index in [1.54, 1.807) is 0 Å². The Labute approximate surface area is 685 Å². The first-order valence-corrected chi connectivity index (χ1v) is 40.1. The topological polar surface area (TPSA) is 155 Å². The van der Waals surface area contributed by atoms with Crippen LogP contribution in [0.3, 0.4) is 0 Å². The van der Waals surface area contributed by atoms with E-state index in [4.69, 9.17) is 39.9 Å². The Morgan fingerprint density at radius 2 is 0.408 bits per heavy atom. The highest BCUT2D eigenvalue weighted by Crippen LogP contribution is 2.45. The van der Waals surface area contributed by atoms with E-state index in [2.05, 4.69) is 323 Å². The van der Waals surface area contributed by atoms with Gasteiger partial charge in [-0.2, -0.15) is 0 Å². The lowest BCUT2D eigenvalue weighted by molar-refractivity contribution is 1.36. The SMILES string of the molecule is c1cnc2c(c1)ccc1ccc(-c3c4ccccc4c(-c4ccc5cc(-c6ccc7nc(-c8ccnc9c8ccc8cccnc89)ccc7c6)ccc5n4)c4ccccc34)nc12.c1cnc2c(c1)ccc1ccc(-c3ccc4cc(-c5ccc6cc(-c7ccc8nc(-c9ccnc%10c9ccc9cccnc9%10)ccc8c7)ccc6n5)ccc4c3)nc12. The molecule has 12 heterocycles. The number of fused-ring (bicyclic) bond motifs is 19. The van der Waals surface area contributed by atoms with Crippen molar-refractivity contribution in [3.63, 3.8) is 0 Å². The molecule has 0 amide bonds. The molecule has 0 spiro atoms. The normalized spacial score (nSPS) is 11.8. The highest BCUT2D eigenvalue weighted by Gasteiger charge is 2.22. The second kappa shape index (κ2) is 27.7. The van der Waals surface area contributed by atoms with Crippen molar-refractivity contribution in [2.75, 3.05) is 0 Å². The molecule has 0 aliphatic carbocycles. The van der Waals surface area contributed by atoms with Crippen molar-refractivity contribution in [2.24, 2.45) is 0 Å². The van der Waals surface area contributed by atoms with Gasteiger partial charge >= 0.3 is 0 Å². The van der Waals surface area contributed by atoms with Crippen LogP contribution in [-0.2, 0) is 0 Å². The molecule has 25 aromatic rings. The third-order valence-electron chi connectivity index (χ3n) is 23.7. The molecule has 0 saturated carbocycles. The van der Waals surface area contributed by atoms with Crippen LogP contribution < -0.4 is 0 Å². The summed E-state index contributed by atoms with van der Waals surface area (Å²) < 4.78 is 0. The minimum atomic E-state index is 0.886. The van der Waals surface area contributed by atoms with E-state index in [1.807, 2.05) is 73.6 Å². The van der Waals surface area contributed by atoms with E-state index in [0.29, 0.717) is 0 Å². The number of pyridine rings is 12. The van der Waals surface area contributed by atoms with Crippen LogP contribution in [0.4, 0.5) is 0 Å². The zero-order valence-electron chi connectivity index (χ0n) is 64.2. The minimum Gasteiger partial charge on any atom is -0.254 e. The largest absolute Gasteiger partial charge is 0.254 e. The van der Waals surface area contributed by atoms with Crippen molar-refractivity contribution in [1.82, 2.24) is 59.8 Å². The van der Waals surface area contributed by atoms with Crippen LogP contribution in [0.25, 0.3) is 253 Å². The third-order valence-corrected chi connectivity index (χ3v) is 23.7. The van der Waals surface area contributed by atoms with E-state index in [9.17, 15) is 0 Å². The molecular formula is C108H62N12. The fourth-order valence-electron chi connectivity index (χ4n) is 17.8. The molecule has 0 aliphatic rings. The number of benzene rings is 13. The predicted octanol–water partition coefficient (Wildman–Crippen LogP) is 26.7. The molecule has 13 aromatic carbocycles. The van der Waals surface area contributed by atoms with Crippen molar-refractivity contribution in [1.29, 1.82) is 0 Å². The molecule has 12 nitrogen and oxygen atoms in total. The predicted molar refractivity (Wildman–Crippen MR) is 493 cm³/mol. The molecule has 554 valence electrons. The third kappa shape index (κ3) is 11.6. The van der Waals surface area contributed by atoms with Crippen molar-refractivity contribution in [2.45, 2.75) is 0 Å². The minimum absolute atomic E-state index is 0.886. The number of nitrogens with zero attached hydrogens (tertiary/aromatic N) is 12. The Morgan fingerprint density at radius 3 is 0.808 bits per heavy atom. The summed E-state index contributed by atoms with van der Waals surface area (Å²) in [6.45, 7) is 0. The average Bonchev–Trinajstić information content (AvgIpc) is 0.733. The maximum Gasteiger partial charge on any atom is 0.0972 e. The molecular weight excluding hydrogens is 1470 g/mol. The molecule has 0 unspecified atom stereocenters. The fraction of sp³-hybridized carbons (Fsp3) is 0. The monoisotopic (exact) mass is 1530 g/mol. The van der Waals surface area contributed by atoms with Gasteiger partial charge in [0.15, 0.2) is 0 Å². The Kier molecular flexibility index (Phi) is 15.7. The summed E-state index contributed by atoms with van der Waals surface area (Å²) in [7, 11) is 0. The lowest BCUT2D eigenvalue weighted by atomic mass is 9.88. The van der Waals surface area contributed by atoms with Gasteiger partial charge in [0.1, 0.15) is 0 Å². The maximum atomic E-state index is 5.34. The molecule has 25 rings (SSSR count). The molecule has 0 N–H and O–H groups in total. The molecule has 0 atom stereocenters. The van der Waals surface area contributed by atoms with E-state index in [0.717, 1.165) is 253 Å². The Balaban J connectivity index is 0.000000137. The number of aromatic nitrogens is 12. The average molecular weight is 1530 g/mol. The van der Waals surface area contributed by atoms with Gasteiger partial charge in [-0.25, -0.2) is 29.9 Å². The Hall–Kier alpha value is -16.4. The highest BCUT2D eigenvalue weighted by atomic mass is 14.8.